The van der Waals surface area contributed by atoms with Crippen molar-refractivity contribution in [2.75, 3.05) is 0 Å². The number of aromatic nitrogens is 2. The summed E-state index contributed by atoms with van der Waals surface area (Å²) in [6.07, 6.45) is 10.0. The normalized spacial score (nSPS) is 24.2. The van der Waals surface area contributed by atoms with E-state index in [0.29, 0.717) is 17.8 Å². The maximum atomic E-state index is 11.4. The zero-order chi connectivity index (χ0) is 18.4. The number of aliphatic hydroxyl groups is 1. The number of hydrogen-bond acceptors (Lipinski definition) is 2. The van der Waals surface area contributed by atoms with Crippen molar-refractivity contribution in [3.05, 3.63) is 70.8 Å². The van der Waals surface area contributed by atoms with Crippen LogP contribution in [0.5, 0.6) is 0 Å². The molecular formula is C23H25ClN2O. The quantitative estimate of drug-likeness (QED) is 0.614. The molecule has 1 aromatic carbocycles. The summed E-state index contributed by atoms with van der Waals surface area (Å²) in [4.78, 5) is 4.31. The molecule has 1 atom stereocenters. The number of nitrogens with zero attached hydrogens (tertiary/aromatic N) is 2. The number of benzene rings is 1. The summed E-state index contributed by atoms with van der Waals surface area (Å²) in [6.45, 7) is 0. The van der Waals surface area contributed by atoms with E-state index >= 15 is 0 Å². The molecule has 2 aliphatic carbocycles. The highest BCUT2D eigenvalue weighted by Gasteiger charge is 2.34. The molecule has 0 spiro atoms. The zero-order valence-electron chi connectivity index (χ0n) is 15.4. The molecule has 2 fully saturated rings. The molecule has 2 aliphatic rings. The predicted octanol–water partition coefficient (Wildman–Crippen LogP) is 5.87. The van der Waals surface area contributed by atoms with Gasteiger partial charge in [0.2, 0.25) is 0 Å². The van der Waals surface area contributed by atoms with Crippen molar-refractivity contribution in [2.24, 2.45) is 5.92 Å². The van der Waals surface area contributed by atoms with Crippen LogP contribution in [0.25, 0.3) is 5.52 Å². The summed E-state index contributed by atoms with van der Waals surface area (Å²) in [5.74, 6) is 1.42. The highest BCUT2D eigenvalue weighted by Crippen LogP contribution is 2.47. The van der Waals surface area contributed by atoms with E-state index in [1.165, 1.54) is 24.0 Å². The van der Waals surface area contributed by atoms with Gasteiger partial charge >= 0.3 is 0 Å². The predicted molar refractivity (Wildman–Crippen MR) is 108 cm³/mol. The van der Waals surface area contributed by atoms with Crippen LogP contribution < -0.4 is 0 Å². The summed E-state index contributed by atoms with van der Waals surface area (Å²) < 4.78 is 2.11. The Hall–Kier alpha value is -1.84. The maximum absolute atomic E-state index is 11.4. The smallest absolute Gasteiger partial charge is 0.0995 e. The van der Waals surface area contributed by atoms with Crippen LogP contribution in [0.1, 0.15) is 73.3 Å². The van der Waals surface area contributed by atoms with Crippen LogP contribution >= 0.6 is 11.6 Å². The van der Waals surface area contributed by atoms with E-state index in [-0.39, 0.29) is 0 Å². The van der Waals surface area contributed by atoms with Crippen molar-refractivity contribution in [3.63, 3.8) is 0 Å². The fourth-order valence-corrected chi connectivity index (χ4v) is 5.15. The molecule has 0 radical (unpaired) electrons. The van der Waals surface area contributed by atoms with E-state index < -0.39 is 6.10 Å². The van der Waals surface area contributed by atoms with Crippen LogP contribution in [-0.2, 0) is 0 Å². The van der Waals surface area contributed by atoms with Gasteiger partial charge in [0.15, 0.2) is 0 Å². The Bertz CT molecular complexity index is 954. The Labute approximate surface area is 165 Å². The van der Waals surface area contributed by atoms with Gasteiger partial charge in [0.05, 0.1) is 29.8 Å². The van der Waals surface area contributed by atoms with Crippen molar-refractivity contribution in [1.82, 2.24) is 9.38 Å². The van der Waals surface area contributed by atoms with E-state index in [0.717, 1.165) is 41.9 Å². The van der Waals surface area contributed by atoms with Crippen LogP contribution in [0.3, 0.4) is 0 Å². The van der Waals surface area contributed by atoms with Gasteiger partial charge in [-0.15, -0.1) is 0 Å². The van der Waals surface area contributed by atoms with E-state index in [9.17, 15) is 5.11 Å². The Kier molecular flexibility index (Phi) is 4.45. The summed E-state index contributed by atoms with van der Waals surface area (Å²) in [7, 11) is 0. The molecule has 3 aromatic rings. The van der Waals surface area contributed by atoms with Gasteiger partial charge in [-0.25, -0.2) is 4.98 Å². The van der Waals surface area contributed by atoms with Crippen LogP contribution in [0, 0.1) is 5.92 Å². The molecule has 3 nitrogen and oxygen atoms in total. The molecular weight excluding hydrogens is 356 g/mol. The summed E-state index contributed by atoms with van der Waals surface area (Å²) in [6, 6.07) is 12.5. The highest BCUT2D eigenvalue weighted by molar-refractivity contribution is 6.31. The van der Waals surface area contributed by atoms with E-state index in [1.807, 2.05) is 24.7 Å². The molecule has 140 valence electrons. The summed E-state index contributed by atoms with van der Waals surface area (Å²) in [5.41, 5.74) is 4.73. The second-order valence-electron chi connectivity index (χ2n) is 8.21. The van der Waals surface area contributed by atoms with Crippen molar-refractivity contribution in [2.45, 2.75) is 56.5 Å². The number of halogens is 1. The lowest BCUT2D eigenvalue weighted by atomic mass is 9.75. The minimum Gasteiger partial charge on any atom is -0.387 e. The standard InChI is InChI=1S/C23H25ClN2O/c24-21-4-2-1-3-19(21)15-7-9-17(10-8-15)23(27)22-20(16-5-6-16)12-11-18-13-25-14-26(18)22/h1-4,11-17,23,27H,5-10H2/t15?,17?,23-/m0/s1. The van der Waals surface area contributed by atoms with Crippen molar-refractivity contribution in [3.8, 4) is 0 Å². The van der Waals surface area contributed by atoms with Crippen LogP contribution in [-0.4, -0.2) is 14.5 Å². The van der Waals surface area contributed by atoms with Crippen molar-refractivity contribution < 1.29 is 5.11 Å². The first kappa shape index (κ1) is 17.3. The second kappa shape index (κ2) is 6.96. The first-order valence-corrected chi connectivity index (χ1v) is 10.5. The lowest BCUT2D eigenvalue weighted by molar-refractivity contribution is 0.0754. The van der Waals surface area contributed by atoms with E-state index in [2.05, 4.69) is 33.7 Å². The Morgan fingerprint density at radius 2 is 1.63 bits per heavy atom. The number of fused-ring (bicyclic) bond motifs is 1. The largest absolute Gasteiger partial charge is 0.387 e. The lowest BCUT2D eigenvalue weighted by Crippen LogP contribution is -2.22. The van der Waals surface area contributed by atoms with Gasteiger partial charge in [-0.3, -0.25) is 0 Å². The molecule has 5 rings (SSSR count). The molecule has 4 heteroatoms. The molecule has 2 aromatic heterocycles. The van der Waals surface area contributed by atoms with Gasteiger partial charge in [-0.2, -0.15) is 0 Å². The minimum absolute atomic E-state index is 0.300. The highest BCUT2D eigenvalue weighted by atomic mass is 35.5. The number of pyridine rings is 1. The average Bonchev–Trinajstić information content (AvgIpc) is 3.44. The summed E-state index contributed by atoms with van der Waals surface area (Å²) in [5, 5.41) is 12.2. The van der Waals surface area contributed by atoms with Gasteiger partial charge in [0.1, 0.15) is 0 Å². The number of aliphatic hydroxyl groups excluding tert-OH is 1. The first-order valence-electron chi connectivity index (χ1n) is 10.1. The third-order valence-electron chi connectivity index (χ3n) is 6.52. The fourth-order valence-electron chi connectivity index (χ4n) is 4.86. The van der Waals surface area contributed by atoms with Gasteiger partial charge in [0, 0.05) is 5.02 Å². The van der Waals surface area contributed by atoms with Crippen LogP contribution in [0.4, 0.5) is 0 Å². The van der Waals surface area contributed by atoms with E-state index in [1.54, 1.807) is 0 Å². The number of rotatable bonds is 4. The minimum atomic E-state index is -0.425. The second-order valence-corrected chi connectivity index (χ2v) is 8.62. The van der Waals surface area contributed by atoms with Crippen molar-refractivity contribution in [1.29, 1.82) is 0 Å². The third-order valence-corrected chi connectivity index (χ3v) is 6.86. The first-order chi connectivity index (χ1) is 13.2. The SMILES string of the molecule is O[C@H](c1c(C2CC2)ccc2cncn12)C1CCC(c2ccccc2Cl)CC1. The summed E-state index contributed by atoms with van der Waals surface area (Å²) >= 11 is 6.41. The van der Waals surface area contributed by atoms with Crippen molar-refractivity contribution >= 4 is 17.1 Å². The average molecular weight is 381 g/mol. The molecule has 0 saturated heterocycles. The molecule has 27 heavy (non-hydrogen) atoms. The molecule has 0 bridgehead atoms. The lowest BCUT2D eigenvalue weighted by Gasteiger charge is -2.33. The Morgan fingerprint density at radius 1 is 0.926 bits per heavy atom. The number of imidazole rings is 1. The van der Waals surface area contributed by atoms with Gasteiger partial charge in [-0.1, -0.05) is 35.9 Å². The maximum Gasteiger partial charge on any atom is 0.0995 e. The molecule has 0 unspecified atom stereocenters. The molecule has 2 heterocycles. The van der Waals surface area contributed by atoms with Gasteiger partial charge in [0.25, 0.3) is 0 Å². The third kappa shape index (κ3) is 3.17. The van der Waals surface area contributed by atoms with E-state index in [4.69, 9.17) is 11.6 Å². The number of hydrogen-bond donors (Lipinski definition) is 1. The van der Waals surface area contributed by atoms with Crippen LogP contribution in [0.2, 0.25) is 5.02 Å². The molecule has 1 N–H and O–H groups in total. The molecule has 2 saturated carbocycles. The molecule has 0 aliphatic heterocycles. The van der Waals surface area contributed by atoms with Gasteiger partial charge < -0.3 is 9.51 Å². The molecule has 0 amide bonds. The zero-order valence-corrected chi connectivity index (χ0v) is 16.1. The van der Waals surface area contributed by atoms with Crippen LogP contribution in [0.15, 0.2) is 48.9 Å². The topological polar surface area (TPSA) is 37.5 Å². The Morgan fingerprint density at radius 3 is 2.37 bits per heavy atom. The fraction of sp³-hybridized carbons (Fsp3) is 0.435. The Balaban J connectivity index is 1.39. The monoisotopic (exact) mass is 380 g/mol. The van der Waals surface area contributed by atoms with Gasteiger partial charge in [-0.05, 0) is 79.5 Å².